The minimum absolute atomic E-state index is 0.0583. The Morgan fingerprint density at radius 2 is 1.81 bits per heavy atom. The molecule has 3 unspecified atom stereocenters. The second kappa shape index (κ2) is 6.62. The number of hydrogen-bond donors (Lipinski definition) is 1. The third-order valence-electron chi connectivity index (χ3n) is 5.03. The molecule has 2 fully saturated rings. The maximum Gasteiger partial charge on any atom is 0.308 e. The lowest BCUT2D eigenvalue weighted by Gasteiger charge is -2.44. The molecule has 122 valence electrons. The lowest BCUT2D eigenvalue weighted by atomic mass is 9.76. The van der Waals surface area contributed by atoms with Crippen molar-refractivity contribution in [2.24, 2.45) is 11.8 Å². The minimum atomic E-state index is -3.13. The van der Waals surface area contributed by atoms with Crippen LogP contribution in [0.5, 0.6) is 0 Å². The number of sulfonamides is 1. The van der Waals surface area contributed by atoms with Crippen LogP contribution in [-0.2, 0) is 14.8 Å². The molecule has 7 heteroatoms. The zero-order valence-electron chi connectivity index (χ0n) is 12.9. The summed E-state index contributed by atoms with van der Waals surface area (Å²) in [6, 6.07) is 0.0583. The Labute approximate surface area is 127 Å². The van der Waals surface area contributed by atoms with Crippen molar-refractivity contribution in [3.63, 3.8) is 0 Å². The van der Waals surface area contributed by atoms with E-state index in [1.165, 1.54) is 10.6 Å². The molecule has 0 spiro atoms. The van der Waals surface area contributed by atoms with Gasteiger partial charge in [0, 0.05) is 32.2 Å². The highest BCUT2D eigenvalue weighted by atomic mass is 32.2. The van der Waals surface area contributed by atoms with E-state index in [2.05, 4.69) is 11.8 Å². The molecule has 1 aliphatic carbocycles. The van der Waals surface area contributed by atoms with Gasteiger partial charge < -0.3 is 5.11 Å². The molecule has 3 atom stereocenters. The summed E-state index contributed by atoms with van der Waals surface area (Å²) in [4.78, 5) is 13.7. The lowest BCUT2D eigenvalue weighted by molar-refractivity contribution is -0.146. The molecule has 1 aliphatic heterocycles. The molecule has 0 aromatic heterocycles. The highest BCUT2D eigenvalue weighted by Crippen LogP contribution is 2.34. The highest BCUT2D eigenvalue weighted by Gasteiger charge is 2.39. The molecule has 21 heavy (non-hydrogen) atoms. The van der Waals surface area contributed by atoms with Gasteiger partial charge >= 0.3 is 5.97 Å². The molecule has 0 radical (unpaired) electrons. The first-order valence-corrected chi connectivity index (χ1v) is 9.59. The van der Waals surface area contributed by atoms with Gasteiger partial charge in [-0.3, -0.25) is 9.69 Å². The maximum absolute atomic E-state index is 11.6. The summed E-state index contributed by atoms with van der Waals surface area (Å²) in [6.07, 6.45) is 4.98. The average Bonchev–Trinajstić information content (AvgIpc) is 2.45. The fraction of sp³-hybridized carbons (Fsp3) is 0.929. The molecular weight excluding hydrogens is 292 g/mol. The van der Waals surface area contributed by atoms with Gasteiger partial charge in [0.2, 0.25) is 10.0 Å². The summed E-state index contributed by atoms with van der Waals surface area (Å²) < 4.78 is 24.6. The number of nitrogens with zero attached hydrogens (tertiary/aromatic N) is 2. The minimum Gasteiger partial charge on any atom is -0.481 e. The molecule has 1 N–H and O–H groups in total. The summed E-state index contributed by atoms with van der Waals surface area (Å²) in [7, 11) is -3.13. The second-order valence-corrected chi connectivity index (χ2v) is 8.28. The third kappa shape index (κ3) is 3.96. The van der Waals surface area contributed by atoms with E-state index in [0.29, 0.717) is 32.1 Å². The van der Waals surface area contributed by atoms with Gasteiger partial charge in [0.25, 0.3) is 0 Å². The van der Waals surface area contributed by atoms with Crippen LogP contribution in [0.2, 0.25) is 0 Å². The Hall–Kier alpha value is -0.660. The van der Waals surface area contributed by atoms with Gasteiger partial charge in [0.05, 0.1) is 12.2 Å². The quantitative estimate of drug-likeness (QED) is 0.831. The molecule has 1 saturated carbocycles. The molecule has 0 bridgehead atoms. The Morgan fingerprint density at radius 3 is 2.29 bits per heavy atom. The Morgan fingerprint density at radius 1 is 1.19 bits per heavy atom. The van der Waals surface area contributed by atoms with E-state index < -0.39 is 16.0 Å². The van der Waals surface area contributed by atoms with Crippen LogP contribution in [0.25, 0.3) is 0 Å². The van der Waals surface area contributed by atoms with Crippen LogP contribution in [0.3, 0.4) is 0 Å². The SMILES string of the molecule is CCC1CCC(C(=O)O)C(N2CCN(S(C)(=O)=O)CC2)C1. The zero-order valence-corrected chi connectivity index (χ0v) is 13.7. The van der Waals surface area contributed by atoms with Gasteiger partial charge in [-0.1, -0.05) is 13.3 Å². The fourth-order valence-electron chi connectivity index (χ4n) is 3.66. The van der Waals surface area contributed by atoms with Crippen molar-refractivity contribution in [1.29, 1.82) is 0 Å². The smallest absolute Gasteiger partial charge is 0.308 e. The number of hydrogen-bond acceptors (Lipinski definition) is 4. The first-order chi connectivity index (χ1) is 9.82. The lowest BCUT2D eigenvalue weighted by Crippen LogP contribution is -2.55. The summed E-state index contributed by atoms with van der Waals surface area (Å²) >= 11 is 0. The summed E-state index contributed by atoms with van der Waals surface area (Å²) in [6.45, 7) is 4.37. The van der Waals surface area contributed by atoms with Crippen LogP contribution in [0, 0.1) is 11.8 Å². The van der Waals surface area contributed by atoms with E-state index in [0.717, 1.165) is 25.7 Å². The largest absolute Gasteiger partial charge is 0.481 e. The predicted molar refractivity (Wildman–Crippen MR) is 80.5 cm³/mol. The molecule has 6 nitrogen and oxygen atoms in total. The number of carbonyl (C=O) groups is 1. The Bertz CT molecular complexity index is 471. The van der Waals surface area contributed by atoms with Crippen molar-refractivity contribution in [3.8, 4) is 0 Å². The molecule has 0 aromatic carbocycles. The van der Waals surface area contributed by atoms with Gasteiger partial charge in [-0.05, 0) is 25.2 Å². The van der Waals surface area contributed by atoms with E-state index >= 15 is 0 Å². The molecule has 2 aliphatic rings. The van der Waals surface area contributed by atoms with Crippen LogP contribution in [0.1, 0.15) is 32.6 Å². The van der Waals surface area contributed by atoms with Crippen molar-refractivity contribution in [3.05, 3.63) is 0 Å². The van der Waals surface area contributed by atoms with Crippen molar-refractivity contribution in [1.82, 2.24) is 9.21 Å². The fourth-order valence-corrected chi connectivity index (χ4v) is 4.49. The average molecular weight is 318 g/mol. The van der Waals surface area contributed by atoms with E-state index in [4.69, 9.17) is 0 Å². The number of carboxylic acids is 1. The normalized spacial score (nSPS) is 33.0. The second-order valence-electron chi connectivity index (χ2n) is 6.30. The standard InChI is InChI=1S/C14H26N2O4S/c1-3-11-4-5-12(14(17)18)13(10-11)15-6-8-16(9-7-15)21(2,19)20/h11-13H,3-10H2,1-2H3,(H,17,18). The predicted octanol–water partition coefficient (Wildman–Crippen LogP) is 0.843. The van der Waals surface area contributed by atoms with E-state index in [9.17, 15) is 18.3 Å². The van der Waals surface area contributed by atoms with E-state index in [1.54, 1.807) is 0 Å². The summed E-state index contributed by atoms with van der Waals surface area (Å²) in [5.41, 5.74) is 0. The number of piperazine rings is 1. The van der Waals surface area contributed by atoms with Gasteiger partial charge in [-0.25, -0.2) is 8.42 Å². The van der Waals surface area contributed by atoms with Crippen LogP contribution < -0.4 is 0 Å². The number of rotatable bonds is 4. The first-order valence-electron chi connectivity index (χ1n) is 7.75. The molecule has 0 aromatic rings. The van der Waals surface area contributed by atoms with Crippen molar-refractivity contribution < 1.29 is 18.3 Å². The van der Waals surface area contributed by atoms with Crippen LogP contribution in [0.4, 0.5) is 0 Å². The molecular formula is C14H26N2O4S. The van der Waals surface area contributed by atoms with Gasteiger partial charge in [0.15, 0.2) is 0 Å². The van der Waals surface area contributed by atoms with Crippen molar-refractivity contribution in [2.75, 3.05) is 32.4 Å². The van der Waals surface area contributed by atoms with Crippen LogP contribution >= 0.6 is 0 Å². The van der Waals surface area contributed by atoms with Gasteiger partial charge in [-0.15, -0.1) is 0 Å². The molecule has 2 rings (SSSR count). The number of carboxylic acid groups (broad SMARTS) is 1. The van der Waals surface area contributed by atoms with Gasteiger partial charge in [0.1, 0.15) is 0 Å². The Kier molecular flexibility index (Phi) is 5.27. The monoisotopic (exact) mass is 318 g/mol. The number of aliphatic carboxylic acids is 1. The van der Waals surface area contributed by atoms with E-state index in [-0.39, 0.29) is 12.0 Å². The molecule has 1 saturated heterocycles. The summed E-state index contributed by atoms with van der Waals surface area (Å²) in [5, 5.41) is 9.45. The van der Waals surface area contributed by atoms with Crippen molar-refractivity contribution >= 4 is 16.0 Å². The van der Waals surface area contributed by atoms with Crippen LogP contribution in [-0.4, -0.2) is 67.2 Å². The molecule has 1 heterocycles. The maximum atomic E-state index is 11.6. The third-order valence-corrected chi connectivity index (χ3v) is 6.33. The van der Waals surface area contributed by atoms with Crippen LogP contribution in [0.15, 0.2) is 0 Å². The Balaban J connectivity index is 2.03. The summed E-state index contributed by atoms with van der Waals surface area (Å²) in [5.74, 6) is -0.420. The zero-order chi connectivity index (χ0) is 15.6. The highest BCUT2D eigenvalue weighted by molar-refractivity contribution is 7.88. The van der Waals surface area contributed by atoms with E-state index in [1.807, 2.05) is 0 Å². The first kappa shape index (κ1) is 16.7. The van der Waals surface area contributed by atoms with Crippen molar-refractivity contribution in [2.45, 2.75) is 38.6 Å². The topological polar surface area (TPSA) is 77.9 Å². The van der Waals surface area contributed by atoms with Gasteiger partial charge in [-0.2, -0.15) is 4.31 Å². The molecule has 0 amide bonds.